The van der Waals surface area contributed by atoms with Crippen LogP contribution in [0.1, 0.15) is 103 Å². The predicted molar refractivity (Wildman–Crippen MR) is 99.7 cm³/mol. The highest BCUT2D eigenvalue weighted by atomic mass is 15.0. The number of hydrogen-bond donors (Lipinski definition) is 0. The molecular weight excluding hydrogens is 280 g/mol. The minimum atomic E-state index is 0.479. The van der Waals surface area contributed by atoms with Crippen molar-refractivity contribution in [2.24, 2.45) is 18.4 Å². The predicted octanol–water partition coefficient (Wildman–Crippen LogP) is 6.47. The van der Waals surface area contributed by atoms with Gasteiger partial charge in [-0.2, -0.15) is 0 Å². The first kappa shape index (κ1) is 18.5. The quantitative estimate of drug-likeness (QED) is 0.477. The summed E-state index contributed by atoms with van der Waals surface area (Å²) < 4.78 is 2.25. The van der Waals surface area contributed by atoms with Crippen LogP contribution >= 0.6 is 0 Å². The van der Waals surface area contributed by atoms with E-state index in [9.17, 15) is 0 Å². The zero-order valence-electron chi connectivity index (χ0n) is 16.0. The fraction of sp³-hybridized carbons (Fsp3) is 0.857. The van der Waals surface area contributed by atoms with Crippen LogP contribution in [0.3, 0.4) is 0 Å². The lowest BCUT2D eigenvalue weighted by molar-refractivity contribution is 0.147. The van der Waals surface area contributed by atoms with E-state index in [-0.39, 0.29) is 0 Å². The van der Waals surface area contributed by atoms with Gasteiger partial charge in [-0.15, -0.1) is 0 Å². The number of aromatic nitrogens is 2. The summed E-state index contributed by atoms with van der Waals surface area (Å²) in [7, 11) is 2.16. The normalized spacial score (nSPS) is 24.0. The zero-order chi connectivity index (χ0) is 16.7. The Morgan fingerprint density at radius 1 is 1.13 bits per heavy atom. The maximum Gasteiger partial charge on any atom is 0.111 e. The van der Waals surface area contributed by atoms with Crippen molar-refractivity contribution in [3.05, 3.63) is 18.2 Å². The van der Waals surface area contributed by atoms with E-state index in [4.69, 9.17) is 4.98 Å². The number of rotatable bonds is 9. The molecule has 0 aromatic carbocycles. The van der Waals surface area contributed by atoms with Crippen LogP contribution < -0.4 is 0 Å². The molecule has 1 heterocycles. The van der Waals surface area contributed by atoms with E-state index in [1.165, 1.54) is 76.5 Å². The minimum absolute atomic E-state index is 0.479. The first-order valence-corrected chi connectivity index (χ1v) is 10.0. The molecule has 0 saturated heterocycles. The number of aryl methyl sites for hydroxylation is 1. The van der Waals surface area contributed by atoms with Crippen molar-refractivity contribution in [2.45, 2.75) is 97.3 Å². The van der Waals surface area contributed by atoms with Crippen molar-refractivity contribution >= 4 is 0 Å². The van der Waals surface area contributed by atoms with Gasteiger partial charge >= 0.3 is 0 Å². The standard InChI is InChI=1S/C21H38N2/c1-5-6-7-8-9-10-11-12-18-13-14-21(2,3)17-19(18)20-22-15-16-23(20)4/h15-16,18-19H,5-14,17H2,1-4H3. The summed E-state index contributed by atoms with van der Waals surface area (Å²) in [5.74, 6) is 2.84. The van der Waals surface area contributed by atoms with Gasteiger partial charge in [0.1, 0.15) is 5.82 Å². The van der Waals surface area contributed by atoms with Crippen LogP contribution in [0.4, 0.5) is 0 Å². The van der Waals surface area contributed by atoms with Crippen molar-refractivity contribution in [3.8, 4) is 0 Å². The van der Waals surface area contributed by atoms with Crippen molar-refractivity contribution in [3.63, 3.8) is 0 Å². The van der Waals surface area contributed by atoms with Crippen LogP contribution in [-0.2, 0) is 7.05 Å². The fourth-order valence-electron chi connectivity index (χ4n) is 4.39. The van der Waals surface area contributed by atoms with Crippen LogP contribution in [0.2, 0.25) is 0 Å². The second-order valence-electron chi connectivity index (χ2n) is 8.58. The summed E-state index contributed by atoms with van der Waals surface area (Å²) in [5, 5.41) is 0. The van der Waals surface area contributed by atoms with Gasteiger partial charge in [0.25, 0.3) is 0 Å². The van der Waals surface area contributed by atoms with Crippen molar-refractivity contribution < 1.29 is 0 Å². The van der Waals surface area contributed by atoms with E-state index in [2.05, 4.69) is 38.6 Å². The Morgan fingerprint density at radius 2 is 1.83 bits per heavy atom. The van der Waals surface area contributed by atoms with E-state index in [0.29, 0.717) is 11.3 Å². The molecule has 0 amide bonds. The molecule has 1 fully saturated rings. The van der Waals surface area contributed by atoms with Gasteiger partial charge in [0.2, 0.25) is 0 Å². The molecule has 2 unspecified atom stereocenters. The van der Waals surface area contributed by atoms with Gasteiger partial charge < -0.3 is 4.57 Å². The highest BCUT2D eigenvalue weighted by Crippen LogP contribution is 2.47. The largest absolute Gasteiger partial charge is 0.338 e. The third-order valence-corrected chi connectivity index (χ3v) is 5.90. The number of hydrogen-bond acceptors (Lipinski definition) is 1. The second-order valence-corrected chi connectivity index (χ2v) is 8.58. The molecule has 1 aliphatic carbocycles. The van der Waals surface area contributed by atoms with Gasteiger partial charge in [0, 0.05) is 25.4 Å². The summed E-state index contributed by atoms with van der Waals surface area (Å²) in [6, 6.07) is 0. The minimum Gasteiger partial charge on any atom is -0.338 e. The lowest BCUT2D eigenvalue weighted by Gasteiger charge is -2.40. The van der Waals surface area contributed by atoms with Crippen molar-refractivity contribution in [2.75, 3.05) is 0 Å². The van der Waals surface area contributed by atoms with Crippen LogP contribution in [0.15, 0.2) is 12.4 Å². The zero-order valence-corrected chi connectivity index (χ0v) is 16.0. The molecule has 0 aliphatic heterocycles. The van der Waals surface area contributed by atoms with E-state index >= 15 is 0 Å². The molecule has 1 saturated carbocycles. The highest BCUT2D eigenvalue weighted by Gasteiger charge is 2.36. The molecule has 1 aliphatic rings. The highest BCUT2D eigenvalue weighted by molar-refractivity contribution is 5.06. The number of nitrogens with zero attached hydrogens (tertiary/aromatic N) is 2. The summed E-state index contributed by atoms with van der Waals surface area (Å²) in [5.41, 5.74) is 0.479. The number of unbranched alkanes of at least 4 members (excludes halogenated alkanes) is 6. The first-order chi connectivity index (χ1) is 11.0. The molecule has 2 heteroatoms. The monoisotopic (exact) mass is 318 g/mol. The Bertz CT molecular complexity index is 446. The molecule has 0 bridgehead atoms. The van der Waals surface area contributed by atoms with Gasteiger partial charge in [-0.05, 0) is 37.0 Å². The average molecular weight is 319 g/mol. The van der Waals surface area contributed by atoms with Gasteiger partial charge in [-0.3, -0.25) is 0 Å². The van der Waals surface area contributed by atoms with Gasteiger partial charge in [-0.1, -0.05) is 65.7 Å². The second kappa shape index (κ2) is 8.89. The van der Waals surface area contributed by atoms with Crippen LogP contribution in [0.25, 0.3) is 0 Å². The van der Waals surface area contributed by atoms with E-state index in [1.54, 1.807) is 0 Å². The molecule has 0 spiro atoms. The molecule has 132 valence electrons. The van der Waals surface area contributed by atoms with Gasteiger partial charge in [0.05, 0.1) is 0 Å². The molecule has 23 heavy (non-hydrogen) atoms. The smallest absolute Gasteiger partial charge is 0.111 e. The summed E-state index contributed by atoms with van der Waals surface area (Å²) in [4.78, 5) is 4.70. The van der Waals surface area contributed by atoms with E-state index in [0.717, 1.165) is 5.92 Å². The summed E-state index contributed by atoms with van der Waals surface area (Å²) >= 11 is 0. The molecule has 2 rings (SSSR count). The Balaban J connectivity index is 1.82. The topological polar surface area (TPSA) is 17.8 Å². The SMILES string of the molecule is CCCCCCCCCC1CCC(C)(C)CC1c1nccn1C. The summed E-state index contributed by atoms with van der Waals surface area (Å²) in [6.07, 6.45) is 19.5. The first-order valence-electron chi connectivity index (χ1n) is 10.0. The maximum absolute atomic E-state index is 4.70. The van der Waals surface area contributed by atoms with Gasteiger partial charge in [-0.25, -0.2) is 4.98 Å². The van der Waals surface area contributed by atoms with Crippen LogP contribution in [0.5, 0.6) is 0 Å². The molecule has 1 aromatic heterocycles. The maximum atomic E-state index is 4.70. The molecule has 2 nitrogen and oxygen atoms in total. The van der Waals surface area contributed by atoms with E-state index < -0.39 is 0 Å². The Hall–Kier alpha value is -0.790. The Morgan fingerprint density at radius 3 is 2.48 bits per heavy atom. The van der Waals surface area contributed by atoms with Gasteiger partial charge in [0.15, 0.2) is 0 Å². The lowest BCUT2D eigenvalue weighted by Crippen LogP contribution is -2.30. The molecule has 2 atom stereocenters. The third-order valence-electron chi connectivity index (χ3n) is 5.90. The average Bonchev–Trinajstić information content (AvgIpc) is 2.93. The van der Waals surface area contributed by atoms with Crippen LogP contribution in [0, 0.1) is 11.3 Å². The summed E-state index contributed by atoms with van der Waals surface area (Å²) in [6.45, 7) is 7.17. The fourth-order valence-corrected chi connectivity index (χ4v) is 4.39. The number of imidazole rings is 1. The lowest BCUT2D eigenvalue weighted by atomic mass is 9.65. The van der Waals surface area contributed by atoms with Crippen molar-refractivity contribution in [1.82, 2.24) is 9.55 Å². The molecular formula is C21H38N2. The van der Waals surface area contributed by atoms with Crippen molar-refractivity contribution in [1.29, 1.82) is 0 Å². The molecule has 1 aromatic rings. The van der Waals surface area contributed by atoms with Crippen LogP contribution in [-0.4, -0.2) is 9.55 Å². The van der Waals surface area contributed by atoms with E-state index in [1.807, 2.05) is 6.20 Å². The molecule has 0 N–H and O–H groups in total. The molecule has 0 radical (unpaired) electrons. The third kappa shape index (κ3) is 5.65. The Kier molecular flexibility index (Phi) is 7.17. The Labute approximate surface area is 144 Å².